The van der Waals surface area contributed by atoms with Crippen molar-refractivity contribution in [3.8, 4) is 17.0 Å². The molecule has 0 saturated carbocycles. The summed E-state index contributed by atoms with van der Waals surface area (Å²) >= 11 is 0. The van der Waals surface area contributed by atoms with Crippen LogP contribution in [0, 0.1) is 6.92 Å². The molecule has 4 rings (SSSR count). The van der Waals surface area contributed by atoms with E-state index in [2.05, 4.69) is 41.8 Å². The number of esters is 1. The number of aromatic nitrogens is 2. The lowest BCUT2D eigenvalue weighted by Gasteiger charge is -2.10. The van der Waals surface area contributed by atoms with Crippen molar-refractivity contribution in [2.24, 2.45) is 0 Å². The fourth-order valence-corrected chi connectivity index (χ4v) is 3.57. The Morgan fingerprint density at radius 3 is 2.71 bits per heavy atom. The van der Waals surface area contributed by atoms with Crippen LogP contribution in [-0.4, -0.2) is 15.4 Å². The number of anilines is 1. The van der Waals surface area contributed by atoms with Gasteiger partial charge in [-0.2, -0.15) is 0 Å². The van der Waals surface area contributed by atoms with Gasteiger partial charge in [-0.3, -0.25) is 9.20 Å². The molecule has 0 spiro atoms. The molecule has 5 nitrogen and oxygen atoms in total. The number of hydrogen-bond donors (Lipinski definition) is 1. The van der Waals surface area contributed by atoms with Gasteiger partial charge in [-0.05, 0) is 42.7 Å². The Morgan fingerprint density at radius 1 is 1.06 bits per heavy atom. The van der Waals surface area contributed by atoms with E-state index in [0.29, 0.717) is 18.7 Å². The summed E-state index contributed by atoms with van der Waals surface area (Å²) in [4.78, 5) is 17.0. The third-order valence-corrected chi connectivity index (χ3v) is 5.22. The summed E-state index contributed by atoms with van der Waals surface area (Å²) in [6.07, 6.45) is 4.24. The smallest absolute Gasteiger partial charge is 0.311 e. The molecule has 158 valence electrons. The van der Waals surface area contributed by atoms with Crippen molar-refractivity contribution in [2.45, 2.75) is 39.7 Å². The number of nitrogens with zero attached hydrogens (tertiary/aromatic N) is 2. The Hall–Kier alpha value is -3.60. The SMILES string of the molecule is CCCCC(=O)Oc1cccc(-c2nc3c(C)cccn3c2NCc2ccccc2)c1. The second-order valence-corrected chi connectivity index (χ2v) is 7.64. The molecule has 0 fully saturated rings. The fraction of sp³-hybridized carbons (Fsp3) is 0.231. The van der Waals surface area contributed by atoms with Crippen molar-refractivity contribution >= 4 is 17.4 Å². The maximum atomic E-state index is 12.1. The summed E-state index contributed by atoms with van der Waals surface area (Å²) < 4.78 is 7.63. The van der Waals surface area contributed by atoms with E-state index in [9.17, 15) is 4.79 Å². The predicted octanol–water partition coefficient (Wildman–Crippen LogP) is 6.02. The number of hydrogen-bond acceptors (Lipinski definition) is 4. The average molecular weight is 414 g/mol. The normalized spacial score (nSPS) is 10.9. The molecule has 0 amide bonds. The molecule has 0 radical (unpaired) electrons. The van der Waals surface area contributed by atoms with Gasteiger partial charge in [-0.15, -0.1) is 0 Å². The van der Waals surface area contributed by atoms with Crippen LogP contribution < -0.4 is 10.1 Å². The standard InChI is InChI=1S/C26H27N3O2/c1-3-4-15-23(30)31-22-14-8-13-21(17-22)24-26(27-18-20-11-6-5-7-12-20)29-16-9-10-19(2)25(29)28-24/h5-14,16-17,27H,3-4,15,18H2,1-2H3. The van der Waals surface area contributed by atoms with Crippen molar-refractivity contribution in [2.75, 3.05) is 5.32 Å². The molecule has 31 heavy (non-hydrogen) atoms. The fourth-order valence-electron chi connectivity index (χ4n) is 3.57. The van der Waals surface area contributed by atoms with Gasteiger partial charge in [0.2, 0.25) is 0 Å². The zero-order chi connectivity index (χ0) is 21.6. The highest BCUT2D eigenvalue weighted by Crippen LogP contribution is 2.32. The van der Waals surface area contributed by atoms with E-state index in [1.165, 1.54) is 5.56 Å². The predicted molar refractivity (Wildman–Crippen MR) is 124 cm³/mol. The Morgan fingerprint density at radius 2 is 1.90 bits per heavy atom. The first-order valence-corrected chi connectivity index (χ1v) is 10.7. The largest absolute Gasteiger partial charge is 0.427 e. The Labute approximate surface area is 182 Å². The summed E-state index contributed by atoms with van der Waals surface area (Å²) in [6.45, 7) is 4.80. The van der Waals surface area contributed by atoms with E-state index in [1.807, 2.05) is 54.7 Å². The van der Waals surface area contributed by atoms with Gasteiger partial charge in [0.05, 0.1) is 0 Å². The lowest BCUT2D eigenvalue weighted by Crippen LogP contribution is -2.07. The molecule has 0 aliphatic carbocycles. The van der Waals surface area contributed by atoms with Crippen molar-refractivity contribution in [3.63, 3.8) is 0 Å². The monoisotopic (exact) mass is 413 g/mol. The third-order valence-electron chi connectivity index (χ3n) is 5.22. The number of ether oxygens (including phenoxy) is 1. The minimum atomic E-state index is -0.202. The molecule has 2 aromatic heterocycles. The topological polar surface area (TPSA) is 55.6 Å². The highest BCUT2D eigenvalue weighted by Gasteiger charge is 2.16. The molecule has 2 heterocycles. The van der Waals surface area contributed by atoms with Gasteiger partial charge in [0, 0.05) is 24.7 Å². The van der Waals surface area contributed by atoms with E-state index < -0.39 is 0 Å². The maximum absolute atomic E-state index is 12.1. The number of benzene rings is 2. The Kier molecular flexibility index (Phi) is 6.32. The van der Waals surface area contributed by atoms with Gasteiger partial charge in [-0.1, -0.05) is 61.9 Å². The maximum Gasteiger partial charge on any atom is 0.311 e. The van der Waals surface area contributed by atoms with Gasteiger partial charge < -0.3 is 10.1 Å². The molecule has 1 N–H and O–H groups in total. The zero-order valence-electron chi connectivity index (χ0n) is 18.0. The molecule has 0 atom stereocenters. The zero-order valence-corrected chi connectivity index (χ0v) is 18.0. The number of unbranched alkanes of at least 4 members (excludes halogenated alkanes) is 1. The van der Waals surface area contributed by atoms with E-state index in [0.717, 1.165) is 41.1 Å². The van der Waals surface area contributed by atoms with Crippen molar-refractivity contribution < 1.29 is 9.53 Å². The summed E-state index contributed by atoms with van der Waals surface area (Å²) in [5, 5.41) is 3.56. The summed E-state index contributed by atoms with van der Waals surface area (Å²) in [6, 6.07) is 21.9. The lowest BCUT2D eigenvalue weighted by atomic mass is 10.1. The van der Waals surface area contributed by atoms with Crippen molar-refractivity contribution in [3.05, 3.63) is 84.1 Å². The summed E-state index contributed by atoms with van der Waals surface area (Å²) in [7, 11) is 0. The molecule has 0 bridgehead atoms. The quantitative estimate of drug-likeness (QED) is 0.284. The van der Waals surface area contributed by atoms with Crippen LogP contribution in [0.4, 0.5) is 5.82 Å². The van der Waals surface area contributed by atoms with Crippen LogP contribution in [0.2, 0.25) is 0 Å². The van der Waals surface area contributed by atoms with Crippen LogP contribution in [0.1, 0.15) is 37.3 Å². The van der Waals surface area contributed by atoms with Gasteiger partial charge >= 0.3 is 5.97 Å². The van der Waals surface area contributed by atoms with E-state index >= 15 is 0 Å². The van der Waals surface area contributed by atoms with Crippen molar-refractivity contribution in [1.82, 2.24) is 9.38 Å². The molecule has 0 aliphatic heterocycles. The number of aryl methyl sites for hydroxylation is 1. The highest BCUT2D eigenvalue weighted by atomic mass is 16.5. The number of rotatable bonds is 8. The van der Waals surface area contributed by atoms with Gasteiger partial charge in [0.15, 0.2) is 0 Å². The molecule has 4 aromatic rings. The Bertz CT molecular complexity index is 1180. The molecule has 0 aliphatic rings. The molecule has 5 heteroatoms. The van der Waals surface area contributed by atoms with Gasteiger partial charge in [0.1, 0.15) is 22.9 Å². The first kappa shape index (κ1) is 20.7. The van der Waals surface area contributed by atoms with Crippen molar-refractivity contribution in [1.29, 1.82) is 0 Å². The molecule has 0 saturated heterocycles. The minimum absolute atomic E-state index is 0.202. The highest BCUT2D eigenvalue weighted by molar-refractivity contribution is 5.79. The second kappa shape index (κ2) is 9.47. The minimum Gasteiger partial charge on any atom is -0.427 e. The van der Waals surface area contributed by atoms with Crippen LogP contribution in [-0.2, 0) is 11.3 Å². The first-order chi connectivity index (χ1) is 15.2. The number of imidazole rings is 1. The number of carbonyl (C=O) groups is 1. The summed E-state index contributed by atoms with van der Waals surface area (Å²) in [5.74, 6) is 1.26. The molecular formula is C26H27N3O2. The lowest BCUT2D eigenvalue weighted by molar-refractivity contribution is -0.134. The number of nitrogens with one attached hydrogen (secondary N) is 1. The molecular weight excluding hydrogens is 386 g/mol. The van der Waals surface area contributed by atoms with Crippen LogP contribution in [0.5, 0.6) is 5.75 Å². The third kappa shape index (κ3) is 4.77. The number of fused-ring (bicyclic) bond motifs is 1. The number of pyridine rings is 1. The van der Waals surface area contributed by atoms with E-state index in [-0.39, 0.29) is 5.97 Å². The Balaban J connectivity index is 1.69. The van der Waals surface area contributed by atoms with Crippen LogP contribution in [0.25, 0.3) is 16.9 Å². The van der Waals surface area contributed by atoms with Gasteiger partial charge in [-0.25, -0.2) is 4.98 Å². The van der Waals surface area contributed by atoms with E-state index in [4.69, 9.17) is 9.72 Å². The number of carbonyl (C=O) groups excluding carboxylic acids is 1. The molecule has 2 aromatic carbocycles. The average Bonchev–Trinajstić information content (AvgIpc) is 3.17. The van der Waals surface area contributed by atoms with E-state index in [1.54, 1.807) is 0 Å². The molecule has 0 unspecified atom stereocenters. The first-order valence-electron chi connectivity index (χ1n) is 10.7. The van der Waals surface area contributed by atoms with Gasteiger partial charge in [0.25, 0.3) is 0 Å². The van der Waals surface area contributed by atoms with Crippen LogP contribution in [0.3, 0.4) is 0 Å². The van der Waals surface area contributed by atoms with Crippen LogP contribution in [0.15, 0.2) is 72.9 Å². The summed E-state index contributed by atoms with van der Waals surface area (Å²) in [5.41, 5.74) is 4.92. The second-order valence-electron chi connectivity index (χ2n) is 7.64. The van der Waals surface area contributed by atoms with Crippen LogP contribution >= 0.6 is 0 Å².